The first kappa shape index (κ1) is 13.0. The van der Waals surface area contributed by atoms with Crippen molar-refractivity contribution < 1.29 is 0 Å². The van der Waals surface area contributed by atoms with Crippen molar-refractivity contribution >= 4 is 22.5 Å². The number of benzene rings is 1. The lowest BCUT2D eigenvalue weighted by Crippen LogP contribution is -2.05. The van der Waals surface area contributed by atoms with E-state index in [1.165, 1.54) is 5.56 Å². The smallest absolute Gasteiger partial charge is 0.128 e. The van der Waals surface area contributed by atoms with Gasteiger partial charge in [-0.2, -0.15) is 5.26 Å². The lowest BCUT2D eigenvalue weighted by Gasteiger charge is -2.12. The summed E-state index contributed by atoms with van der Waals surface area (Å²) >= 11 is 6.37. The zero-order valence-corrected chi connectivity index (χ0v) is 11.8. The van der Waals surface area contributed by atoms with Crippen LogP contribution in [0.1, 0.15) is 31.9 Å². The first-order valence-electron chi connectivity index (χ1n) is 6.29. The molecule has 0 amide bonds. The van der Waals surface area contributed by atoms with Gasteiger partial charge in [-0.05, 0) is 17.9 Å². The second-order valence-electron chi connectivity index (χ2n) is 4.95. The SMILES string of the molecule is CCc1cccc2c(C#N)c(Cl)n(CC(C)C)c12. The molecule has 0 atom stereocenters. The van der Waals surface area contributed by atoms with E-state index in [1.807, 2.05) is 12.1 Å². The van der Waals surface area contributed by atoms with Crippen molar-refractivity contribution in [3.63, 3.8) is 0 Å². The van der Waals surface area contributed by atoms with Gasteiger partial charge >= 0.3 is 0 Å². The molecule has 1 heterocycles. The topological polar surface area (TPSA) is 28.7 Å². The summed E-state index contributed by atoms with van der Waals surface area (Å²) in [7, 11) is 0. The number of aromatic nitrogens is 1. The van der Waals surface area contributed by atoms with Crippen LogP contribution in [0.3, 0.4) is 0 Å². The van der Waals surface area contributed by atoms with Gasteiger partial charge in [0.05, 0.1) is 11.1 Å². The predicted octanol–water partition coefficient (Wildman–Crippen LogP) is 4.38. The van der Waals surface area contributed by atoms with Crippen LogP contribution >= 0.6 is 11.6 Å². The van der Waals surface area contributed by atoms with Gasteiger partial charge in [-0.15, -0.1) is 0 Å². The molecule has 0 aliphatic carbocycles. The largest absolute Gasteiger partial charge is 0.330 e. The van der Waals surface area contributed by atoms with Crippen molar-refractivity contribution in [2.75, 3.05) is 0 Å². The average Bonchev–Trinajstić information content (AvgIpc) is 2.61. The summed E-state index contributed by atoms with van der Waals surface area (Å²) in [5, 5.41) is 10.8. The van der Waals surface area contributed by atoms with E-state index in [2.05, 4.69) is 37.5 Å². The Morgan fingerprint density at radius 1 is 1.39 bits per heavy atom. The molecule has 0 saturated carbocycles. The Bertz CT molecular complexity index is 617. The second kappa shape index (κ2) is 5.04. The van der Waals surface area contributed by atoms with E-state index in [9.17, 15) is 5.26 Å². The molecule has 0 bridgehead atoms. The van der Waals surface area contributed by atoms with Crippen LogP contribution in [0.5, 0.6) is 0 Å². The Balaban J connectivity index is 2.82. The number of para-hydroxylation sites is 1. The van der Waals surface area contributed by atoms with Crippen molar-refractivity contribution in [3.8, 4) is 6.07 Å². The van der Waals surface area contributed by atoms with Gasteiger partial charge in [0, 0.05) is 11.9 Å². The molecule has 0 spiro atoms. The van der Waals surface area contributed by atoms with Crippen LogP contribution in [0.15, 0.2) is 18.2 Å². The average molecular weight is 261 g/mol. The summed E-state index contributed by atoms with van der Waals surface area (Å²) in [6.07, 6.45) is 0.945. The van der Waals surface area contributed by atoms with Crippen LogP contribution in [0.4, 0.5) is 0 Å². The maximum Gasteiger partial charge on any atom is 0.128 e. The Morgan fingerprint density at radius 2 is 2.11 bits per heavy atom. The highest BCUT2D eigenvalue weighted by Crippen LogP contribution is 2.32. The third kappa shape index (κ3) is 2.00. The summed E-state index contributed by atoms with van der Waals surface area (Å²) in [5.41, 5.74) is 2.97. The first-order valence-corrected chi connectivity index (χ1v) is 6.67. The van der Waals surface area contributed by atoms with E-state index in [-0.39, 0.29) is 0 Å². The van der Waals surface area contributed by atoms with Gasteiger partial charge in [0.15, 0.2) is 0 Å². The number of aryl methyl sites for hydroxylation is 1. The minimum atomic E-state index is 0.495. The minimum Gasteiger partial charge on any atom is -0.330 e. The highest BCUT2D eigenvalue weighted by atomic mass is 35.5. The minimum absolute atomic E-state index is 0.495. The molecule has 0 N–H and O–H groups in total. The Labute approximate surface area is 113 Å². The lowest BCUT2D eigenvalue weighted by atomic mass is 10.1. The van der Waals surface area contributed by atoms with Crippen molar-refractivity contribution in [2.24, 2.45) is 5.92 Å². The van der Waals surface area contributed by atoms with Crippen LogP contribution in [0.2, 0.25) is 5.15 Å². The number of hydrogen-bond acceptors (Lipinski definition) is 1. The molecular formula is C15H17ClN2. The van der Waals surface area contributed by atoms with Crippen LogP contribution in [-0.4, -0.2) is 4.57 Å². The molecule has 0 radical (unpaired) electrons. The molecule has 0 aliphatic heterocycles. The van der Waals surface area contributed by atoms with Crippen molar-refractivity contribution in [1.82, 2.24) is 4.57 Å². The molecule has 0 fully saturated rings. The fourth-order valence-electron chi connectivity index (χ4n) is 2.38. The second-order valence-corrected chi connectivity index (χ2v) is 5.31. The zero-order chi connectivity index (χ0) is 13.3. The molecular weight excluding hydrogens is 244 g/mol. The van der Waals surface area contributed by atoms with Gasteiger partial charge in [0.2, 0.25) is 0 Å². The molecule has 0 unspecified atom stereocenters. The Kier molecular flexibility index (Phi) is 3.63. The van der Waals surface area contributed by atoms with Crippen LogP contribution in [0, 0.1) is 17.2 Å². The number of hydrogen-bond donors (Lipinski definition) is 0. The number of halogens is 1. The molecule has 3 heteroatoms. The monoisotopic (exact) mass is 260 g/mol. The van der Waals surface area contributed by atoms with Crippen LogP contribution in [0.25, 0.3) is 10.9 Å². The standard InChI is InChI=1S/C15H17ClN2/c1-4-11-6-5-7-12-13(8-17)15(16)18(14(11)12)9-10(2)3/h5-7,10H,4,9H2,1-3H3. The molecule has 2 rings (SSSR count). The fraction of sp³-hybridized carbons (Fsp3) is 0.400. The zero-order valence-electron chi connectivity index (χ0n) is 11.0. The van der Waals surface area contributed by atoms with E-state index in [4.69, 9.17) is 11.6 Å². The van der Waals surface area contributed by atoms with Gasteiger partial charge in [-0.1, -0.05) is 50.6 Å². The van der Waals surface area contributed by atoms with Crippen molar-refractivity contribution in [3.05, 3.63) is 34.5 Å². The van der Waals surface area contributed by atoms with Gasteiger partial charge in [0.25, 0.3) is 0 Å². The van der Waals surface area contributed by atoms with Gasteiger partial charge in [0.1, 0.15) is 11.2 Å². The number of nitrogens with zero attached hydrogens (tertiary/aromatic N) is 2. The molecule has 0 saturated heterocycles. The highest BCUT2D eigenvalue weighted by Gasteiger charge is 2.17. The maximum atomic E-state index is 9.28. The number of nitriles is 1. The molecule has 2 aromatic rings. The maximum absolute atomic E-state index is 9.28. The number of fused-ring (bicyclic) bond motifs is 1. The molecule has 0 aliphatic rings. The summed E-state index contributed by atoms with van der Waals surface area (Å²) in [5.74, 6) is 0.495. The van der Waals surface area contributed by atoms with E-state index >= 15 is 0 Å². The molecule has 18 heavy (non-hydrogen) atoms. The normalized spacial score (nSPS) is 11.1. The Hall–Kier alpha value is -1.46. The molecule has 1 aromatic heterocycles. The van der Waals surface area contributed by atoms with Gasteiger partial charge < -0.3 is 4.57 Å². The van der Waals surface area contributed by atoms with Crippen molar-refractivity contribution in [1.29, 1.82) is 5.26 Å². The lowest BCUT2D eigenvalue weighted by molar-refractivity contribution is 0.535. The van der Waals surface area contributed by atoms with Crippen LogP contribution < -0.4 is 0 Å². The highest BCUT2D eigenvalue weighted by molar-refractivity contribution is 6.32. The van der Waals surface area contributed by atoms with Gasteiger partial charge in [-0.25, -0.2) is 0 Å². The van der Waals surface area contributed by atoms with Crippen LogP contribution in [-0.2, 0) is 13.0 Å². The van der Waals surface area contributed by atoms with Gasteiger partial charge in [-0.3, -0.25) is 0 Å². The quantitative estimate of drug-likeness (QED) is 0.805. The summed E-state index contributed by atoms with van der Waals surface area (Å²) < 4.78 is 2.08. The first-order chi connectivity index (χ1) is 8.60. The molecule has 94 valence electrons. The third-order valence-corrected chi connectivity index (χ3v) is 3.54. The third-order valence-electron chi connectivity index (χ3n) is 3.14. The van der Waals surface area contributed by atoms with E-state index in [1.54, 1.807) is 0 Å². The predicted molar refractivity (Wildman–Crippen MR) is 75.9 cm³/mol. The fourth-order valence-corrected chi connectivity index (χ4v) is 2.68. The molecule has 1 aromatic carbocycles. The summed E-state index contributed by atoms with van der Waals surface area (Å²) in [4.78, 5) is 0. The van der Waals surface area contributed by atoms with E-state index in [0.29, 0.717) is 16.6 Å². The Morgan fingerprint density at radius 3 is 2.67 bits per heavy atom. The van der Waals surface area contributed by atoms with Crippen molar-refractivity contribution in [2.45, 2.75) is 33.7 Å². The van der Waals surface area contributed by atoms with E-state index < -0.39 is 0 Å². The number of rotatable bonds is 3. The van der Waals surface area contributed by atoms with E-state index in [0.717, 1.165) is 23.9 Å². The molecule has 2 nitrogen and oxygen atoms in total. The summed E-state index contributed by atoms with van der Waals surface area (Å²) in [6, 6.07) is 8.32. The summed E-state index contributed by atoms with van der Waals surface area (Å²) in [6.45, 7) is 7.28.